The highest BCUT2D eigenvalue weighted by Gasteiger charge is 2.10. The van der Waals surface area contributed by atoms with E-state index in [1.54, 1.807) is 48.5 Å². The predicted octanol–water partition coefficient (Wildman–Crippen LogP) is 2.70. The van der Waals surface area contributed by atoms with Gasteiger partial charge in [-0.15, -0.1) is 0 Å². The zero-order valence-corrected chi connectivity index (χ0v) is 16.6. The number of benzene rings is 2. The van der Waals surface area contributed by atoms with E-state index < -0.39 is 11.8 Å². The van der Waals surface area contributed by atoms with Crippen LogP contribution in [0.25, 0.3) is 0 Å². The van der Waals surface area contributed by atoms with Gasteiger partial charge in [0.2, 0.25) is 11.8 Å². The number of para-hydroxylation sites is 1. The zero-order chi connectivity index (χ0) is 20.5. The van der Waals surface area contributed by atoms with E-state index in [0.717, 1.165) is 5.56 Å². The number of thiocarbonyl (C=S) groups is 1. The van der Waals surface area contributed by atoms with Crippen LogP contribution in [-0.4, -0.2) is 22.8 Å². The Bertz CT molecular complexity index is 887. The molecule has 0 saturated carbocycles. The monoisotopic (exact) mass is 418 g/mol. The molecule has 7 nitrogen and oxygen atoms in total. The number of amides is 3. The summed E-state index contributed by atoms with van der Waals surface area (Å²) in [5.41, 5.74) is 6.70. The standard InChI is InChI=1S/C19H19ClN4O3S/c1-12-6-8-13(9-7-12)18(27)22-19(28)24-23-17(26)11-10-16(25)21-15-5-3-2-4-14(15)20/h2-9H,10-11H2,1H3,(H,21,25)(H,23,26)(H2,22,24,27,28). The third kappa shape index (κ3) is 6.98. The molecule has 0 aliphatic carbocycles. The second kappa shape index (κ2) is 10.4. The number of carbonyl (C=O) groups excluding carboxylic acids is 3. The van der Waals surface area contributed by atoms with Gasteiger partial charge in [-0.3, -0.25) is 30.6 Å². The van der Waals surface area contributed by atoms with Crippen LogP contribution in [0.2, 0.25) is 5.02 Å². The highest BCUT2D eigenvalue weighted by atomic mass is 35.5. The summed E-state index contributed by atoms with van der Waals surface area (Å²) in [7, 11) is 0. The molecule has 4 N–H and O–H groups in total. The summed E-state index contributed by atoms with van der Waals surface area (Å²) in [5.74, 6) is -1.20. The number of hydrogen-bond donors (Lipinski definition) is 4. The number of rotatable bonds is 5. The molecule has 0 aliphatic rings. The van der Waals surface area contributed by atoms with Crippen molar-refractivity contribution >= 4 is 52.3 Å². The molecule has 0 heterocycles. The van der Waals surface area contributed by atoms with Gasteiger partial charge in [0.05, 0.1) is 10.7 Å². The lowest BCUT2D eigenvalue weighted by atomic mass is 10.1. The van der Waals surface area contributed by atoms with E-state index in [0.29, 0.717) is 16.3 Å². The second-order valence-corrected chi connectivity index (χ2v) is 6.67. The van der Waals surface area contributed by atoms with Crippen molar-refractivity contribution in [2.75, 3.05) is 5.32 Å². The minimum atomic E-state index is -0.457. The molecule has 2 rings (SSSR count). The molecule has 146 valence electrons. The van der Waals surface area contributed by atoms with Gasteiger partial charge in [0.25, 0.3) is 5.91 Å². The first-order chi connectivity index (χ1) is 13.3. The smallest absolute Gasteiger partial charge is 0.257 e. The number of hydrazine groups is 1. The molecule has 9 heteroatoms. The summed E-state index contributed by atoms with van der Waals surface area (Å²) in [6, 6.07) is 13.8. The summed E-state index contributed by atoms with van der Waals surface area (Å²) in [4.78, 5) is 35.7. The van der Waals surface area contributed by atoms with Crippen molar-refractivity contribution in [3.05, 3.63) is 64.7 Å². The molecule has 0 spiro atoms. The molecule has 2 aromatic rings. The van der Waals surface area contributed by atoms with Gasteiger partial charge in [-0.05, 0) is 43.4 Å². The molecule has 0 atom stereocenters. The fraction of sp³-hybridized carbons (Fsp3) is 0.158. The molecule has 2 aromatic carbocycles. The number of nitrogens with one attached hydrogen (secondary N) is 4. The van der Waals surface area contributed by atoms with Gasteiger partial charge in [-0.1, -0.05) is 41.4 Å². The molecule has 3 amide bonds. The van der Waals surface area contributed by atoms with Crippen LogP contribution in [0.5, 0.6) is 0 Å². The summed E-state index contributed by atoms with van der Waals surface area (Å²) in [6.07, 6.45) is -0.112. The maximum atomic E-state index is 12.0. The minimum absolute atomic E-state index is 0.0405. The molecule has 0 aliphatic heterocycles. The summed E-state index contributed by atoms with van der Waals surface area (Å²) < 4.78 is 0. The van der Waals surface area contributed by atoms with Crippen molar-refractivity contribution in [2.24, 2.45) is 0 Å². The third-order valence-corrected chi connectivity index (χ3v) is 4.12. The minimum Gasteiger partial charge on any atom is -0.325 e. The van der Waals surface area contributed by atoms with E-state index in [1.165, 1.54) is 0 Å². The fourth-order valence-electron chi connectivity index (χ4n) is 2.10. The Morgan fingerprint density at radius 3 is 2.25 bits per heavy atom. The number of halogens is 1. The van der Waals surface area contributed by atoms with E-state index >= 15 is 0 Å². The Morgan fingerprint density at radius 2 is 1.57 bits per heavy atom. The molecular weight excluding hydrogens is 400 g/mol. The summed E-state index contributed by atoms with van der Waals surface area (Å²) >= 11 is 10.9. The van der Waals surface area contributed by atoms with Crippen LogP contribution in [-0.2, 0) is 9.59 Å². The van der Waals surface area contributed by atoms with Crippen LogP contribution in [0.3, 0.4) is 0 Å². The van der Waals surface area contributed by atoms with Gasteiger partial charge in [0, 0.05) is 18.4 Å². The largest absolute Gasteiger partial charge is 0.325 e. The van der Waals surface area contributed by atoms with Gasteiger partial charge in [-0.25, -0.2) is 0 Å². The molecule has 0 fully saturated rings. The molecule has 28 heavy (non-hydrogen) atoms. The maximum absolute atomic E-state index is 12.0. The average Bonchev–Trinajstić information content (AvgIpc) is 2.67. The SMILES string of the molecule is Cc1ccc(C(=O)NC(=S)NNC(=O)CCC(=O)Nc2ccccc2Cl)cc1. The molecule has 0 unspecified atom stereocenters. The van der Waals surface area contributed by atoms with Crippen molar-refractivity contribution in [1.29, 1.82) is 0 Å². The van der Waals surface area contributed by atoms with Crippen LogP contribution >= 0.6 is 23.8 Å². The maximum Gasteiger partial charge on any atom is 0.257 e. The first kappa shape index (κ1) is 21.3. The molecule has 0 saturated heterocycles. The molecule has 0 aromatic heterocycles. The summed E-state index contributed by atoms with van der Waals surface area (Å²) in [5, 5.41) is 5.43. The third-order valence-electron chi connectivity index (χ3n) is 3.58. The van der Waals surface area contributed by atoms with Crippen LogP contribution in [0.15, 0.2) is 48.5 Å². The second-order valence-electron chi connectivity index (χ2n) is 5.85. The zero-order valence-electron chi connectivity index (χ0n) is 15.0. The van der Waals surface area contributed by atoms with Crippen molar-refractivity contribution in [1.82, 2.24) is 16.2 Å². The van der Waals surface area contributed by atoms with E-state index in [-0.39, 0.29) is 23.9 Å². The lowest BCUT2D eigenvalue weighted by molar-refractivity contribution is -0.124. The lowest BCUT2D eigenvalue weighted by Crippen LogP contribution is -2.48. The van der Waals surface area contributed by atoms with Crippen molar-refractivity contribution in [2.45, 2.75) is 19.8 Å². The van der Waals surface area contributed by atoms with Crippen LogP contribution in [0.1, 0.15) is 28.8 Å². The summed E-state index contributed by atoms with van der Waals surface area (Å²) in [6.45, 7) is 1.91. The van der Waals surface area contributed by atoms with Crippen LogP contribution in [0, 0.1) is 6.92 Å². The van der Waals surface area contributed by atoms with E-state index in [9.17, 15) is 14.4 Å². The molecule has 0 radical (unpaired) electrons. The van der Waals surface area contributed by atoms with Gasteiger partial charge in [0.1, 0.15) is 0 Å². The Hall–Kier alpha value is -2.97. The highest BCUT2D eigenvalue weighted by Crippen LogP contribution is 2.20. The number of aryl methyl sites for hydroxylation is 1. The Balaban J connectivity index is 1.69. The first-order valence-corrected chi connectivity index (χ1v) is 9.15. The Labute approximate surface area is 172 Å². The normalized spacial score (nSPS) is 9.93. The molecular formula is C19H19ClN4O3S. The van der Waals surface area contributed by atoms with Crippen LogP contribution < -0.4 is 21.5 Å². The van der Waals surface area contributed by atoms with Gasteiger partial charge >= 0.3 is 0 Å². The number of anilines is 1. The quantitative estimate of drug-likeness (QED) is 0.442. The lowest BCUT2D eigenvalue weighted by Gasteiger charge is -2.11. The Morgan fingerprint density at radius 1 is 0.929 bits per heavy atom. The topological polar surface area (TPSA) is 99.3 Å². The first-order valence-electron chi connectivity index (χ1n) is 8.36. The van der Waals surface area contributed by atoms with Crippen molar-refractivity contribution < 1.29 is 14.4 Å². The predicted molar refractivity (Wildman–Crippen MR) is 112 cm³/mol. The van der Waals surface area contributed by atoms with E-state index in [1.807, 2.05) is 6.92 Å². The number of carbonyl (C=O) groups is 3. The number of hydrogen-bond acceptors (Lipinski definition) is 4. The highest BCUT2D eigenvalue weighted by molar-refractivity contribution is 7.80. The van der Waals surface area contributed by atoms with Gasteiger partial charge in [-0.2, -0.15) is 0 Å². The van der Waals surface area contributed by atoms with Gasteiger partial charge in [0.15, 0.2) is 5.11 Å². The molecule has 0 bridgehead atoms. The van der Waals surface area contributed by atoms with Crippen LogP contribution in [0.4, 0.5) is 5.69 Å². The van der Waals surface area contributed by atoms with Gasteiger partial charge < -0.3 is 5.32 Å². The van der Waals surface area contributed by atoms with E-state index in [2.05, 4.69) is 21.5 Å². The van der Waals surface area contributed by atoms with Crippen molar-refractivity contribution in [3.63, 3.8) is 0 Å². The van der Waals surface area contributed by atoms with Crippen molar-refractivity contribution in [3.8, 4) is 0 Å². The average molecular weight is 419 g/mol. The fourth-order valence-corrected chi connectivity index (χ4v) is 2.43. The van der Waals surface area contributed by atoms with E-state index in [4.69, 9.17) is 23.8 Å². The Kier molecular flexibility index (Phi) is 7.91.